The highest BCUT2D eigenvalue weighted by Crippen LogP contribution is 2.28. The first-order valence-electron chi connectivity index (χ1n) is 8.45. The number of rotatable bonds is 4. The topological polar surface area (TPSA) is 102 Å². The van der Waals surface area contributed by atoms with E-state index in [2.05, 4.69) is 30.6 Å². The lowest BCUT2D eigenvalue weighted by Gasteiger charge is -2.29. The number of hydrogen-bond donors (Lipinski definition) is 1. The number of carbonyl (C=O) groups is 1. The van der Waals surface area contributed by atoms with Crippen molar-refractivity contribution in [3.05, 3.63) is 42.3 Å². The van der Waals surface area contributed by atoms with Crippen molar-refractivity contribution >= 4 is 11.6 Å². The fourth-order valence-corrected chi connectivity index (χ4v) is 2.95. The van der Waals surface area contributed by atoms with E-state index in [9.17, 15) is 4.79 Å². The molecule has 26 heavy (non-hydrogen) atoms. The standard InChI is InChI=1S/C17H19N7O2/c1-3-15(25)19-12-6-4-5-11(7-12)16-20-17(26-22-16)13-8-24-10-18-21-14(24)9-23(13)2/h4-7,10,13H,3,8-9H2,1-2H3,(H,19,25). The van der Waals surface area contributed by atoms with Crippen LogP contribution < -0.4 is 5.32 Å². The largest absolute Gasteiger partial charge is 0.337 e. The lowest BCUT2D eigenvalue weighted by molar-refractivity contribution is -0.115. The minimum Gasteiger partial charge on any atom is -0.337 e. The third kappa shape index (κ3) is 3.08. The number of carbonyl (C=O) groups excluding carboxylic acids is 1. The van der Waals surface area contributed by atoms with Crippen LogP contribution in [-0.2, 0) is 17.9 Å². The molecule has 0 radical (unpaired) electrons. The Labute approximate surface area is 150 Å². The SMILES string of the molecule is CCC(=O)Nc1cccc(-c2noc(C3Cn4cnnc4CN3C)n2)c1. The molecule has 1 N–H and O–H groups in total. The van der Waals surface area contributed by atoms with Crippen molar-refractivity contribution in [2.24, 2.45) is 0 Å². The van der Waals surface area contributed by atoms with Gasteiger partial charge in [-0.25, -0.2) is 0 Å². The number of amides is 1. The van der Waals surface area contributed by atoms with Crippen molar-refractivity contribution in [2.75, 3.05) is 12.4 Å². The van der Waals surface area contributed by atoms with Crippen LogP contribution in [0, 0.1) is 0 Å². The summed E-state index contributed by atoms with van der Waals surface area (Å²) in [6.07, 6.45) is 2.14. The van der Waals surface area contributed by atoms with E-state index in [1.807, 2.05) is 42.8 Å². The minimum absolute atomic E-state index is 0.0375. The van der Waals surface area contributed by atoms with Gasteiger partial charge in [-0.3, -0.25) is 9.69 Å². The Hall–Kier alpha value is -3.07. The number of aromatic nitrogens is 5. The summed E-state index contributed by atoms with van der Waals surface area (Å²) in [5, 5.41) is 15.0. The second kappa shape index (κ2) is 6.68. The summed E-state index contributed by atoms with van der Waals surface area (Å²) in [7, 11) is 1.99. The molecule has 0 spiro atoms. The van der Waals surface area contributed by atoms with E-state index >= 15 is 0 Å². The highest BCUT2D eigenvalue weighted by molar-refractivity contribution is 5.91. The van der Waals surface area contributed by atoms with E-state index in [0.29, 0.717) is 36.9 Å². The number of nitrogens with zero attached hydrogens (tertiary/aromatic N) is 6. The van der Waals surface area contributed by atoms with Crippen LogP contribution in [0.5, 0.6) is 0 Å². The first-order valence-corrected chi connectivity index (χ1v) is 8.45. The molecule has 1 unspecified atom stereocenters. The van der Waals surface area contributed by atoms with Crippen LogP contribution in [-0.4, -0.2) is 42.8 Å². The Kier molecular flexibility index (Phi) is 4.21. The molecule has 9 nitrogen and oxygen atoms in total. The number of nitrogens with one attached hydrogen (secondary N) is 1. The van der Waals surface area contributed by atoms with Crippen LogP contribution in [0.25, 0.3) is 11.4 Å². The summed E-state index contributed by atoms with van der Waals surface area (Å²) < 4.78 is 7.51. The lowest BCUT2D eigenvalue weighted by atomic mass is 10.1. The Morgan fingerprint density at radius 3 is 3.15 bits per heavy atom. The zero-order valence-electron chi connectivity index (χ0n) is 14.6. The summed E-state index contributed by atoms with van der Waals surface area (Å²) in [6.45, 7) is 3.14. The van der Waals surface area contributed by atoms with Crippen LogP contribution in [0.1, 0.15) is 31.1 Å². The van der Waals surface area contributed by atoms with Crippen molar-refractivity contribution in [1.82, 2.24) is 29.8 Å². The quantitative estimate of drug-likeness (QED) is 0.764. The molecular formula is C17H19N7O2. The predicted molar refractivity (Wildman–Crippen MR) is 92.9 cm³/mol. The molecule has 3 aromatic rings. The van der Waals surface area contributed by atoms with Crippen molar-refractivity contribution in [3.63, 3.8) is 0 Å². The molecule has 1 aromatic carbocycles. The first kappa shape index (κ1) is 16.4. The predicted octanol–water partition coefficient (Wildman–Crippen LogP) is 1.86. The average molecular weight is 353 g/mol. The molecule has 9 heteroatoms. The first-order chi connectivity index (χ1) is 12.6. The Bertz CT molecular complexity index is 933. The maximum atomic E-state index is 11.6. The molecule has 134 valence electrons. The molecule has 4 rings (SSSR count). The summed E-state index contributed by atoms with van der Waals surface area (Å²) in [5.74, 6) is 1.92. The van der Waals surface area contributed by atoms with Gasteiger partial charge < -0.3 is 14.4 Å². The lowest BCUT2D eigenvalue weighted by Crippen LogP contribution is -2.34. The fourth-order valence-electron chi connectivity index (χ4n) is 2.95. The zero-order chi connectivity index (χ0) is 18.1. The molecule has 1 aliphatic heterocycles. The number of benzene rings is 1. The normalized spacial score (nSPS) is 17.1. The van der Waals surface area contributed by atoms with Gasteiger partial charge in [0, 0.05) is 24.2 Å². The van der Waals surface area contributed by atoms with Gasteiger partial charge in [0.25, 0.3) is 0 Å². The van der Waals surface area contributed by atoms with Crippen LogP contribution in [0.4, 0.5) is 5.69 Å². The maximum Gasteiger partial charge on any atom is 0.246 e. The van der Waals surface area contributed by atoms with Crippen LogP contribution >= 0.6 is 0 Å². The zero-order valence-corrected chi connectivity index (χ0v) is 14.6. The Morgan fingerprint density at radius 1 is 1.42 bits per heavy atom. The number of likely N-dealkylation sites (N-methyl/N-ethyl adjacent to an activating group) is 1. The minimum atomic E-state index is -0.0391. The van der Waals surface area contributed by atoms with Gasteiger partial charge in [0.2, 0.25) is 17.6 Å². The fraction of sp³-hybridized carbons (Fsp3) is 0.353. The molecule has 3 heterocycles. The molecular weight excluding hydrogens is 334 g/mol. The molecule has 1 atom stereocenters. The molecule has 0 saturated heterocycles. The number of hydrogen-bond acceptors (Lipinski definition) is 7. The second-order valence-electron chi connectivity index (χ2n) is 6.27. The average Bonchev–Trinajstić information content (AvgIpc) is 3.30. The Balaban J connectivity index is 1.57. The summed E-state index contributed by atoms with van der Waals surface area (Å²) in [6, 6.07) is 7.37. The van der Waals surface area contributed by atoms with Gasteiger partial charge >= 0.3 is 0 Å². The van der Waals surface area contributed by atoms with E-state index in [1.165, 1.54) is 0 Å². The summed E-state index contributed by atoms with van der Waals surface area (Å²) >= 11 is 0. The van der Waals surface area contributed by atoms with E-state index in [4.69, 9.17) is 4.52 Å². The summed E-state index contributed by atoms with van der Waals surface area (Å²) in [5.41, 5.74) is 1.50. The molecule has 0 aliphatic carbocycles. The van der Waals surface area contributed by atoms with Gasteiger partial charge in [-0.05, 0) is 19.2 Å². The maximum absolute atomic E-state index is 11.6. The molecule has 2 aromatic heterocycles. The molecule has 0 saturated carbocycles. The van der Waals surface area contributed by atoms with E-state index in [1.54, 1.807) is 6.33 Å². The van der Waals surface area contributed by atoms with Crippen molar-refractivity contribution in [3.8, 4) is 11.4 Å². The monoisotopic (exact) mass is 353 g/mol. The van der Waals surface area contributed by atoms with Gasteiger partial charge in [-0.15, -0.1) is 10.2 Å². The van der Waals surface area contributed by atoms with E-state index in [-0.39, 0.29) is 11.9 Å². The molecule has 1 amide bonds. The van der Waals surface area contributed by atoms with Crippen LogP contribution in [0.3, 0.4) is 0 Å². The van der Waals surface area contributed by atoms with Crippen LogP contribution in [0.2, 0.25) is 0 Å². The van der Waals surface area contributed by atoms with Crippen LogP contribution in [0.15, 0.2) is 35.1 Å². The highest BCUT2D eigenvalue weighted by Gasteiger charge is 2.30. The second-order valence-corrected chi connectivity index (χ2v) is 6.27. The number of anilines is 1. The van der Waals surface area contributed by atoms with Crippen molar-refractivity contribution < 1.29 is 9.32 Å². The van der Waals surface area contributed by atoms with Crippen molar-refractivity contribution in [2.45, 2.75) is 32.5 Å². The third-order valence-electron chi connectivity index (χ3n) is 4.44. The van der Waals surface area contributed by atoms with Gasteiger partial charge in [0.05, 0.1) is 6.54 Å². The number of fused-ring (bicyclic) bond motifs is 1. The van der Waals surface area contributed by atoms with E-state index in [0.717, 1.165) is 11.4 Å². The van der Waals surface area contributed by atoms with Gasteiger partial charge in [-0.1, -0.05) is 24.2 Å². The van der Waals surface area contributed by atoms with Gasteiger partial charge in [0.1, 0.15) is 18.2 Å². The molecule has 0 fully saturated rings. The Morgan fingerprint density at radius 2 is 2.31 bits per heavy atom. The van der Waals surface area contributed by atoms with Gasteiger partial charge in [-0.2, -0.15) is 4.98 Å². The third-order valence-corrected chi connectivity index (χ3v) is 4.44. The van der Waals surface area contributed by atoms with Crippen molar-refractivity contribution in [1.29, 1.82) is 0 Å². The van der Waals surface area contributed by atoms with E-state index < -0.39 is 0 Å². The smallest absolute Gasteiger partial charge is 0.246 e. The summed E-state index contributed by atoms with van der Waals surface area (Å²) in [4.78, 5) is 18.3. The molecule has 0 bridgehead atoms. The van der Waals surface area contributed by atoms with Gasteiger partial charge in [0.15, 0.2) is 0 Å². The molecule has 1 aliphatic rings. The highest BCUT2D eigenvalue weighted by atomic mass is 16.5.